The third-order valence-corrected chi connectivity index (χ3v) is 4.01. The van der Waals surface area contributed by atoms with E-state index >= 15 is 0 Å². The fourth-order valence-electron chi connectivity index (χ4n) is 2.05. The zero-order chi connectivity index (χ0) is 15.6. The predicted molar refractivity (Wildman–Crippen MR) is 80.8 cm³/mol. The fourth-order valence-corrected chi connectivity index (χ4v) is 2.05. The highest BCUT2D eigenvalue weighted by Gasteiger charge is 2.30. The van der Waals surface area contributed by atoms with Crippen LogP contribution in [-0.2, 0) is 6.42 Å². The Morgan fingerprint density at radius 3 is 2.10 bits per heavy atom. The van der Waals surface area contributed by atoms with Gasteiger partial charge in [0.15, 0.2) is 11.6 Å². The Morgan fingerprint density at radius 2 is 1.65 bits per heavy atom. The molecule has 0 aliphatic heterocycles. The molecule has 0 aliphatic carbocycles. The van der Waals surface area contributed by atoms with Crippen LogP contribution in [0.25, 0.3) is 0 Å². The standard InChI is InChI=1S/C17H27F2N/c1-12(2)17(6,11-20-16(3,4)5)10-13-7-8-14(18)15(19)9-13/h7-9,12,20H,10-11H2,1-6H3. The summed E-state index contributed by atoms with van der Waals surface area (Å²) in [5.74, 6) is -1.12. The quantitative estimate of drug-likeness (QED) is 0.835. The highest BCUT2D eigenvalue weighted by molar-refractivity contribution is 5.19. The normalized spacial score (nSPS) is 15.4. The second-order valence-electron chi connectivity index (χ2n) is 7.34. The Kier molecular flexibility index (Phi) is 5.31. The maximum Gasteiger partial charge on any atom is 0.159 e. The van der Waals surface area contributed by atoms with Gasteiger partial charge in [-0.2, -0.15) is 0 Å². The van der Waals surface area contributed by atoms with Crippen molar-refractivity contribution < 1.29 is 8.78 Å². The van der Waals surface area contributed by atoms with Crippen LogP contribution in [0.4, 0.5) is 8.78 Å². The van der Waals surface area contributed by atoms with Crippen LogP contribution in [0.5, 0.6) is 0 Å². The van der Waals surface area contributed by atoms with E-state index in [0.717, 1.165) is 18.5 Å². The Morgan fingerprint density at radius 1 is 1.05 bits per heavy atom. The van der Waals surface area contributed by atoms with Crippen LogP contribution in [-0.4, -0.2) is 12.1 Å². The van der Waals surface area contributed by atoms with Crippen LogP contribution < -0.4 is 5.32 Å². The molecular weight excluding hydrogens is 256 g/mol. The van der Waals surface area contributed by atoms with Crippen molar-refractivity contribution in [2.45, 2.75) is 53.5 Å². The minimum absolute atomic E-state index is 0.00243. The first-order valence-electron chi connectivity index (χ1n) is 7.22. The lowest BCUT2D eigenvalue weighted by atomic mass is 9.74. The van der Waals surface area contributed by atoms with Gasteiger partial charge in [0.25, 0.3) is 0 Å². The summed E-state index contributed by atoms with van der Waals surface area (Å²) in [6.45, 7) is 13.8. The molecule has 1 nitrogen and oxygen atoms in total. The van der Waals surface area contributed by atoms with Crippen LogP contribution >= 0.6 is 0 Å². The van der Waals surface area contributed by atoms with Gasteiger partial charge in [-0.15, -0.1) is 0 Å². The van der Waals surface area contributed by atoms with Crippen molar-refractivity contribution in [2.75, 3.05) is 6.54 Å². The third-order valence-electron chi connectivity index (χ3n) is 4.01. The molecule has 0 amide bonds. The molecule has 1 unspecified atom stereocenters. The van der Waals surface area contributed by atoms with E-state index in [1.807, 2.05) is 0 Å². The molecule has 0 aromatic heterocycles. The van der Waals surface area contributed by atoms with Gasteiger partial charge in [-0.1, -0.05) is 26.8 Å². The minimum atomic E-state index is -0.784. The summed E-state index contributed by atoms with van der Waals surface area (Å²) < 4.78 is 26.3. The van der Waals surface area contributed by atoms with E-state index in [4.69, 9.17) is 0 Å². The molecule has 1 atom stereocenters. The Balaban J connectivity index is 2.88. The Labute approximate surface area is 121 Å². The summed E-state index contributed by atoms with van der Waals surface area (Å²) in [7, 11) is 0. The van der Waals surface area contributed by atoms with Gasteiger partial charge in [0.2, 0.25) is 0 Å². The van der Waals surface area contributed by atoms with Crippen LogP contribution in [0, 0.1) is 23.0 Å². The molecule has 0 aliphatic rings. The van der Waals surface area contributed by atoms with Crippen molar-refractivity contribution in [2.24, 2.45) is 11.3 Å². The number of nitrogens with one attached hydrogen (secondary N) is 1. The van der Waals surface area contributed by atoms with Crippen molar-refractivity contribution in [3.63, 3.8) is 0 Å². The van der Waals surface area contributed by atoms with Crippen molar-refractivity contribution in [1.82, 2.24) is 5.32 Å². The van der Waals surface area contributed by atoms with Gasteiger partial charge < -0.3 is 5.32 Å². The van der Waals surface area contributed by atoms with Crippen molar-refractivity contribution in [3.8, 4) is 0 Å². The van der Waals surface area contributed by atoms with Crippen LogP contribution in [0.3, 0.4) is 0 Å². The number of halogens is 2. The molecule has 20 heavy (non-hydrogen) atoms. The lowest BCUT2D eigenvalue weighted by Gasteiger charge is -2.37. The lowest BCUT2D eigenvalue weighted by molar-refractivity contribution is 0.187. The van der Waals surface area contributed by atoms with Crippen molar-refractivity contribution in [1.29, 1.82) is 0 Å². The van der Waals surface area contributed by atoms with Gasteiger partial charge in [0.05, 0.1) is 0 Å². The maximum absolute atomic E-state index is 13.3. The molecular formula is C17H27F2N. The second-order valence-corrected chi connectivity index (χ2v) is 7.34. The first kappa shape index (κ1) is 17.1. The molecule has 0 saturated heterocycles. The molecule has 1 rings (SSSR count). The number of benzene rings is 1. The molecule has 0 fully saturated rings. The van der Waals surface area contributed by atoms with E-state index in [-0.39, 0.29) is 11.0 Å². The first-order valence-corrected chi connectivity index (χ1v) is 7.22. The maximum atomic E-state index is 13.3. The van der Waals surface area contributed by atoms with E-state index in [1.54, 1.807) is 6.07 Å². The molecule has 3 heteroatoms. The number of hydrogen-bond acceptors (Lipinski definition) is 1. The highest BCUT2D eigenvalue weighted by atomic mass is 19.2. The van der Waals surface area contributed by atoms with E-state index in [1.165, 1.54) is 12.1 Å². The first-order chi connectivity index (χ1) is 9.03. The summed E-state index contributed by atoms with van der Waals surface area (Å²) in [5, 5.41) is 3.52. The summed E-state index contributed by atoms with van der Waals surface area (Å²) >= 11 is 0. The third kappa shape index (κ3) is 4.86. The molecule has 0 heterocycles. The molecule has 1 N–H and O–H groups in total. The van der Waals surface area contributed by atoms with Gasteiger partial charge in [-0.25, -0.2) is 8.78 Å². The Hall–Kier alpha value is -0.960. The second kappa shape index (κ2) is 6.21. The summed E-state index contributed by atoms with van der Waals surface area (Å²) in [5.41, 5.74) is 0.887. The summed E-state index contributed by atoms with van der Waals surface area (Å²) in [6, 6.07) is 4.20. The van der Waals surface area contributed by atoms with E-state index < -0.39 is 11.6 Å². The molecule has 0 bridgehead atoms. The number of rotatable bonds is 5. The molecule has 1 aromatic rings. The van der Waals surface area contributed by atoms with Crippen molar-refractivity contribution in [3.05, 3.63) is 35.4 Å². The highest BCUT2D eigenvalue weighted by Crippen LogP contribution is 2.31. The average molecular weight is 283 g/mol. The van der Waals surface area contributed by atoms with Gasteiger partial charge in [-0.05, 0) is 56.2 Å². The van der Waals surface area contributed by atoms with Crippen molar-refractivity contribution >= 4 is 0 Å². The molecule has 114 valence electrons. The van der Waals surface area contributed by atoms with Crippen LogP contribution in [0.2, 0.25) is 0 Å². The van der Waals surface area contributed by atoms with Gasteiger partial charge >= 0.3 is 0 Å². The van der Waals surface area contributed by atoms with Crippen LogP contribution in [0.1, 0.15) is 47.1 Å². The average Bonchev–Trinajstić information content (AvgIpc) is 2.30. The van der Waals surface area contributed by atoms with Crippen LogP contribution in [0.15, 0.2) is 18.2 Å². The predicted octanol–water partition coefficient (Wildman–Crippen LogP) is 4.56. The lowest BCUT2D eigenvalue weighted by Crippen LogP contribution is -2.45. The number of hydrogen-bond donors (Lipinski definition) is 1. The fraction of sp³-hybridized carbons (Fsp3) is 0.647. The zero-order valence-corrected chi connectivity index (χ0v) is 13.5. The largest absolute Gasteiger partial charge is 0.312 e. The smallest absolute Gasteiger partial charge is 0.159 e. The molecule has 0 radical (unpaired) electrons. The van der Waals surface area contributed by atoms with E-state index in [9.17, 15) is 8.78 Å². The minimum Gasteiger partial charge on any atom is -0.312 e. The van der Waals surface area contributed by atoms with Gasteiger partial charge in [0.1, 0.15) is 0 Å². The topological polar surface area (TPSA) is 12.0 Å². The molecule has 0 spiro atoms. The summed E-state index contributed by atoms with van der Waals surface area (Å²) in [6.07, 6.45) is 0.727. The monoisotopic (exact) mass is 283 g/mol. The van der Waals surface area contributed by atoms with Gasteiger partial charge in [0, 0.05) is 12.1 Å². The van der Waals surface area contributed by atoms with E-state index in [2.05, 4.69) is 46.9 Å². The molecule has 1 aromatic carbocycles. The van der Waals surface area contributed by atoms with Gasteiger partial charge in [-0.3, -0.25) is 0 Å². The SMILES string of the molecule is CC(C)C(C)(CNC(C)(C)C)Cc1ccc(F)c(F)c1. The summed E-state index contributed by atoms with van der Waals surface area (Å²) in [4.78, 5) is 0. The zero-order valence-electron chi connectivity index (χ0n) is 13.5. The molecule has 0 saturated carbocycles. The Bertz CT molecular complexity index is 449. The van der Waals surface area contributed by atoms with E-state index in [0.29, 0.717) is 5.92 Å².